The fourth-order valence-electron chi connectivity index (χ4n) is 4.47. The van der Waals surface area contributed by atoms with Crippen LogP contribution in [0.5, 0.6) is 0 Å². The normalized spacial score (nSPS) is 38.4. The van der Waals surface area contributed by atoms with Crippen LogP contribution in [0.4, 0.5) is 0 Å². The number of fused-ring (bicyclic) bond motifs is 3. The predicted octanol–water partition coefficient (Wildman–Crippen LogP) is 1.53. The summed E-state index contributed by atoms with van der Waals surface area (Å²) in [6.07, 6.45) is 3.85. The molecule has 0 spiro atoms. The van der Waals surface area contributed by atoms with E-state index in [1.165, 1.54) is 45.4 Å². The Hall–Kier alpha value is -0.420. The van der Waals surface area contributed by atoms with Gasteiger partial charge in [-0.2, -0.15) is 0 Å². The maximum atomic E-state index is 6.29. The van der Waals surface area contributed by atoms with E-state index in [0.29, 0.717) is 0 Å². The van der Waals surface area contributed by atoms with Gasteiger partial charge in [-0.1, -0.05) is 0 Å². The smallest absolute Gasteiger partial charge is 0.0388 e. The summed E-state index contributed by atoms with van der Waals surface area (Å²) in [6, 6.07) is 2.32. The summed E-state index contributed by atoms with van der Waals surface area (Å²) in [7, 11) is 0. The number of thiophene rings is 1. The van der Waals surface area contributed by atoms with Crippen LogP contribution in [0.1, 0.15) is 23.3 Å². The first kappa shape index (κ1) is 12.3. The molecule has 0 radical (unpaired) electrons. The molecule has 2 N–H and O–H groups in total. The number of hydrogen-bond acceptors (Lipinski definition) is 4. The topological polar surface area (TPSA) is 32.5 Å². The van der Waals surface area contributed by atoms with Gasteiger partial charge in [0.05, 0.1) is 0 Å². The van der Waals surface area contributed by atoms with Crippen molar-refractivity contribution in [3.63, 3.8) is 0 Å². The second-order valence-electron chi connectivity index (χ2n) is 6.38. The van der Waals surface area contributed by atoms with E-state index >= 15 is 0 Å². The molecule has 4 heterocycles. The lowest BCUT2D eigenvalue weighted by Crippen LogP contribution is -2.62. The average molecular weight is 277 g/mol. The van der Waals surface area contributed by atoms with E-state index < -0.39 is 0 Å². The lowest BCUT2D eigenvalue weighted by molar-refractivity contribution is -0.00154. The lowest BCUT2D eigenvalue weighted by Gasteiger charge is -2.51. The molecule has 0 saturated carbocycles. The van der Waals surface area contributed by atoms with Crippen molar-refractivity contribution >= 4 is 11.3 Å². The van der Waals surface area contributed by atoms with Crippen molar-refractivity contribution in [1.82, 2.24) is 9.80 Å². The monoisotopic (exact) mass is 277 g/mol. The molecule has 19 heavy (non-hydrogen) atoms. The summed E-state index contributed by atoms with van der Waals surface area (Å²) in [5, 5.41) is 2.25. The lowest BCUT2D eigenvalue weighted by atomic mass is 9.76. The van der Waals surface area contributed by atoms with Crippen LogP contribution in [-0.2, 0) is 13.0 Å². The van der Waals surface area contributed by atoms with Crippen molar-refractivity contribution in [2.45, 2.75) is 31.3 Å². The standard InChI is InChI=1S/C15H23N3S/c16-11-15(4-7-17-5-1-13(15)10-17)18-6-2-14-12(9-18)3-8-19-14/h3,8,13H,1-2,4-7,9-11,16H2. The van der Waals surface area contributed by atoms with Gasteiger partial charge in [0.15, 0.2) is 0 Å². The third-order valence-corrected chi connectivity index (χ3v) is 6.71. The summed E-state index contributed by atoms with van der Waals surface area (Å²) < 4.78 is 0. The average Bonchev–Trinajstić information content (AvgIpc) is 3.07. The van der Waals surface area contributed by atoms with Crippen molar-refractivity contribution in [2.24, 2.45) is 11.7 Å². The highest BCUT2D eigenvalue weighted by atomic mass is 32.1. The first-order chi connectivity index (χ1) is 9.32. The van der Waals surface area contributed by atoms with Crippen molar-refractivity contribution in [2.75, 3.05) is 32.7 Å². The number of rotatable bonds is 2. The van der Waals surface area contributed by atoms with E-state index in [1.54, 1.807) is 10.4 Å². The minimum Gasteiger partial charge on any atom is -0.329 e. The molecule has 3 aliphatic heterocycles. The summed E-state index contributed by atoms with van der Waals surface area (Å²) in [6.45, 7) is 7.01. The van der Waals surface area contributed by atoms with Crippen molar-refractivity contribution in [3.8, 4) is 0 Å². The van der Waals surface area contributed by atoms with Crippen molar-refractivity contribution in [3.05, 3.63) is 21.9 Å². The molecular formula is C15H23N3S. The van der Waals surface area contributed by atoms with E-state index in [1.807, 2.05) is 11.3 Å². The van der Waals surface area contributed by atoms with E-state index in [-0.39, 0.29) is 5.54 Å². The number of nitrogens with zero attached hydrogens (tertiary/aromatic N) is 2. The van der Waals surface area contributed by atoms with Crippen molar-refractivity contribution < 1.29 is 0 Å². The highest BCUT2D eigenvalue weighted by Gasteiger charge is 2.49. The van der Waals surface area contributed by atoms with Crippen LogP contribution in [0.25, 0.3) is 0 Å². The molecular weight excluding hydrogens is 254 g/mol. The van der Waals surface area contributed by atoms with Gasteiger partial charge in [0, 0.05) is 36.6 Å². The number of piperidine rings is 1. The first-order valence-corrected chi connectivity index (χ1v) is 8.42. The number of hydrogen-bond donors (Lipinski definition) is 1. The molecule has 2 saturated heterocycles. The van der Waals surface area contributed by atoms with Crippen LogP contribution in [0.2, 0.25) is 0 Å². The van der Waals surface area contributed by atoms with Gasteiger partial charge in [-0.25, -0.2) is 0 Å². The largest absolute Gasteiger partial charge is 0.329 e. The molecule has 0 amide bonds. The zero-order chi connectivity index (χ0) is 12.9. The zero-order valence-corrected chi connectivity index (χ0v) is 12.3. The molecule has 104 valence electrons. The van der Waals surface area contributed by atoms with Crippen molar-refractivity contribution in [1.29, 1.82) is 0 Å². The molecule has 3 aliphatic rings. The summed E-state index contributed by atoms with van der Waals surface area (Å²) in [4.78, 5) is 6.96. The minimum absolute atomic E-state index is 0.284. The Morgan fingerprint density at radius 3 is 3.21 bits per heavy atom. The van der Waals surface area contributed by atoms with Gasteiger partial charge in [0.1, 0.15) is 0 Å². The minimum atomic E-state index is 0.284. The Morgan fingerprint density at radius 1 is 1.37 bits per heavy atom. The second kappa shape index (κ2) is 4.55. The summed E-state index contributed by atoms with van der Waals surface area (Å²) >= 11 is 1.93. The van der Waals surface area contributed by atoms with Crippen LogP contribution in [0.15, 0.2) is 11.4 Å². The molecule has 4 rings (SSSR count). The maximum absolute atomic E-state index is 6.29. The Kier molecular flexibility index (Phi) is 2.95. The molecule has 3 unspecified atom stereocenters. The maximum Gasteiger partial charge on any atom is 0.0388 e. The Bertz CT molecular complexity index is 472. The summed E-state index contributed by atoms with van der Waals surface area (Å²) in [5.74, 6) is 0.798. The van der Waals surface area contributed by atoms with Crippen LogP contribution >= 0.6 is 11.3 Å². The van der Waals surface area contributed by atoms with Gasteiger partial charge >= 0.3 is 0 Å². The Morgan fingerprint density at radius 2 is 2.32 bits per heavy atom. The molecule has 2 bridgehead atoms. The molecule has 3 nitrogen and oxygen atoms in total. The van der Waals surface area contributed by atoms with Crippen LogP contribution in [0.3, 0.4) is 0 Å². The third kappa shape index (κ3) is 1.81. The SMILES string of the molecule is NCC1(N2CCc3sccc3C2)CCN2CCC1C2. The van der Waals surface area contributed by atoms with Crippen LogP contribution in [0, 0.1) is 5.92 Å². The highest BCUT2D eigenvalue weighted by molar-refractivity contribution is 7.10. The second-order valence-corrected chi connectivity index (χ2v) is 7.39. The Balaban J connectivity index is 1.63. The van der Waals surface area contributed by atoms with E-state index in [4.69, 9.17) is 5.73 Å². The fraction of sp³-hybridized carbons (Fsp3) is 0.733. The first-order valence-electron chi connectivity index (χ1n) is 7.54. The molecule has 4 heteroatoms. The van der Waals surface area contributed by atoms with Gasteiger partial charge < -0.3 is 10.6 Å². The molecule has 3 atom stereocenters. The highest BCUT2D eigenvalue weighted by Crippen LogP contribution is 2.41. The van der Waals surface area contributed by atoms with Gasteiger partial charge in [-0.05, 0) is 55.3 Å². The van der Waals surface area contributed by atoms with Crippen LogP contribution < -0.4 is 5.73 Å². The zero-order valence-electron chi connectivity index (χ0n) is 11.5. The number of nitrogens with two attached hydrogens (primary N) is 1. The molecule has 0 aliphatic carbocycles. The molecule has 2 fully saturated rings. The Labute approximate surface area is 119 Å². The molecule has 1 aromatic rings. The molecule has 1 aromatic heterocycles. The van der Waals surface area contributed by atoms with E-state index in [9.17, 15) is 0 Å². The quantitative estimate of drug-likeness (QED) is 0.890. The van der Waals surface area contributed by atoms with Gasteiger partial charge in [-0.15, -0.1) is 11.3 Å². The van der Waals surface area contributed by atoms with E-state index in [0.717, 1.165) is 19.0 Å². The molecule has 0 aromatic carbocycles. The predicted molar refractivity (Wildman–Crippen MR) is 79.4 cm³/mol. The van der Waals surface area contributed by atoms with Gasteiger partial charge in [-0.3, -0.25) is 4.90 Å². The summed E-state index contributed by atoms with van der Waals surface area (Å²) in [5.41, 5.74) is 8.14. The van der Waals surface area contributed by atoms with Crippen LogP contribution in [-0.4, -0.2) is 48.1 Å². The van der Waals surface area contributed by atoms with E-state index in [2.05, 4.69) is 21.2 Å². The fourth-order valence-corrected chi connectivity index (χ4v) is 5.36. The van der Waals surface area contributed by atoms with Gasteiger partial charge in [0.25, 0.3) is 0 Å². The third-order valence-electron chi connectivity index (χ3n) is 5.68. The van der Waals surface area contributed by atoms with Gasteiger partial charge in [0.2, 0.25) is 0 Å².